The fourth-order valence-electron chi connectivity index (χ4n) is 3.18. The zero-order chi connectivity index (χ0) is 21.4. The van der Waals surface area contributed by atoms with Gasteiger partial charge in [0.05, 0.1) is 18.3 Å². The first-order valence-corrected chi connectivity index (χ1v) is 10.0. The quantitative estimate of drug-likeness (QED) is 0.492. The minimum Gasteiger partial charge on any atom is -0.361 e. The molecule has 0 radical (unpaired) electrons. The summed E-state index contributed by atoms with van der Waals surface area (Å²) in [5, 5.41) is 10.5. The lowest BCUT2D eigenvalue weighted by Gasteiger charge is -2.26. The third-order valence-electron chi connectivity index (χ3n) is 4.77. The van der Waals surface area contributed by atoms with Crippen molar-refractivity contribution in [1.29, 1.82) is 0 Å². The van der Waals surface area contributed by atoms with Gasteiger partial charge >= 0.3 is 0 Å². The van der Waals surface area contributed by atoms with Crippen molar-refractivity contribution in [2.45, 2.75) is 46.2 Å². The van der Waals surface area contributed by atoms with Crippen LogP contribution in [0.2, 0.25) is 0 Å². The number of nitrogens with one attached hydrogen (secondary N) is 2. The molecule has 0 saturated heterocycles. The van der Waals surface area contributed by atoms with Crippen LogP contribution >= 0.6 is 0 Å². The van der Waals surface area contributed by atoms with Crippen molar-refractivity contribution in [2.75, 3.05) is 27.2 Å². The van der Waals surface area contributed by atoms with Crippen molar-refractivity contribution >= 4 is 5.96 Å². The standard InChI is InChI=1S/C21H31F2N5O/c1-6-17-14(19(7-2)29-27-17)12-25-21(24-8-3)26-13-18(28(4)5)20-15(22)10-9-11-16(20)23/h9-11,18H,6-8,12-13H2,1-5H3,(H2,24,25,26). The summed E-state index contributed by atoms with van der Waals surface area (Å²) in [7, 11) is 3.58. The number of hydrogen-bond acceptors (Lipinski definition) is 4. The third kappa shape index (κ3) is 5.76. The van der Waals surface area contributed by atoms with Gasteiger partial charge in [-0.2, -0.15) is 0 Å². The van der Waals surface area contributed by atoms with Crippen molar-refractivity contribution in [3.8, 4) is 0 Å². The van der Waals surface area contributed by atoms with Crippen molar-refractivity contribution in [2.24, 2.45) is 4.99 Å². The van der Waals surface area contributed by atoms with E-state index in [1.807, 2.05) is 20.8 Å². The van der Waals surface area contributed by atoms with Gasteiger partial charge in [0, 0.05) is 30.6 Å². The third-order valence-corrected chi connectivity index (χ3v) is 4.77. The fraction of sp³-hybridized carbons (Fsp3) is 0.524. The van der Waals surface area contributed by atoms with Crippen LogP contribution in [0.4, 0.5) is 8.78 Å². The van der Waals surface area contributed by atoms with Crippen LogP contribution in [0.1, 0.15) is 49.4 Å². The van der Waals surface area contributed by atoms with Crippen molar-refractivity contribution < 1.29 is 13.3 Å². The second-order valence-electron chi connectivity index (χ2n) is 6.93. The molecule has 8 heteroatoms. The molecule has 1 heterocycles. The molecule has 1 unspecified atom stereocenters. The molecule has 0 spiro atoms. The largest absolute Gasteiger partial charge is 0.361 e. The van der Waals surface area contributed by atoms with Gasteiger partial charge in [-0.15, -0.1) is 0 Å². The Hall–Kier alpha value is -2.48. The summed E-state index contributed by atoms with van der Waals surface area (Å²) in [6.07, 6.45) is 1.52. The van der Waals surface area contributed by atoms with Gasteiger partial charge in [-0.1, -0.05) is 25.1 Å². The van der Waals surface area contributed by atoms with Crippen LogP contribution in [0.25, 0.3) is 0 Å². The van der Waals surface area contributed by atoms with Gasteiger partial charge in [0.2, 0.25) is 0 Å². The summed E-state index contributed by atoms with van der Waals surface area (Å²) < 4.78 is 33.9. The zero-order valence-electron chi connectivity index (χ0n) is 17.9. The Morgan fingerprint density at radius 1 is 1.14 bits per heavy atom. The van der Waals surface area contributed by atoms with Crippen molar-refractivity contribution in [3.63, 3.8) is 0 Å². The highest BCUT2D eigenvalue weighted by Gasteiger charge is 2.22. The predicted molar refractivity (Wildman–Crippen MR) is 111 cm³/mol. The summed E-state index contributed by atoms with van der Waals surface area (Å²) in [6, 6.07) is 3.43. The van der Waals surface area contributed by atoms with E-state index < -0.39 is 17.7 Å². The Morgan fingerprint density at radius 3 is 2.38 bits per heavy atom. The smallest absolute Gasteiger partial charge is 0.191 e. The zero-order valence-corrected chi connectivity index (χ0v) is 17.9. The fourth-order valence-corrected chi connectivity index (χ4v) is 3.18. The predicted octanol–water partition coefficient (Wildman–Crippen LogP) is 3.44. The molecule has 0 aliphatic rings. The number of rotatable bonds is 9. The molecular formula is C21H31F2N5O. The van der Waals surface area contributed by atoms with E-state index in [9.17, 15) is 8.78 Å². The van der Waals surface area contributed by atoms with Crippen LogP contribution in [0.15, 0.2) is 27.7 Å². The van der Waals surface area contributed by atoms with E-state index in [1.54, 1.807) is 19.0 Å². The maximum atomic E-state index is 14.3. The molecule has 0 fully saturated rings. The Bertz CT molecular complexity index is 778. The summed E-state index contributed by atoms with van der Waals surface area (Å²) in [6.45, 7) is 7.39. The molecule has 160 valence electrons. The molecule has 6 nitrogen and oxygen atoms in total. The number of likely N-dealkylation sites (N-methyl/N-ethyl adjacent to an activating group) is 1. The Kier molecular flexibility index (Phi) is 8.57. The summed E-state index contributed by atoms with van der Waals surface area (Å²) in [5.41, 5.74) is 1.94. The maximum absolute atomic E-state index is 14.3. The van der Waals surface area contributed by atoms with E-state index in [0.29, 0.717) is 25.6 Å². The molecule has 2 rings (SSSR count). The second kappa shape index (κ2) is 10.9. The van der Waals surface area contributed by atoms with E-state index in [2.05, 4.69) is 20.8 Å². The summed E-state index contributed by atoms with van der Waals surface area (Å²) in [4.78, 5) is 6.41. The molecule has 0 aliphatic carbocycles. The molecule has 1 aromatic heterocycles. The lowest BCUT2D eigenvalue weighted by Crippen LogP contribution is -2.42. The lowest BCUT2D eigenvalue weighted by molar-refractivity contribution is 0.282. The molecule has 2 aromatic rings. The molecule has 29 heavy (non-hydrogen) atoms. The Morgan fingerprint density at radius 2 is 1.83 bits per heavy atom. The Balaban J connectivity index is 2.19. The Labute approximate surface area is 171 Å². The van der Waals surface area contributed by atoms with E-state index in [0.717, 1.165) is 29.9 Å². The molecule has 0 bridgehead atoms. The lowest BCUT2D eigenvalue weighted by atomic mass is 10.0. The first kappa shape index (κ1) is 22.8. The average Bonchev–Trinajstić information content (AvgIpc) is 3.09. The van der Waals surface area contributed by atoms with E-state index >= 15 is 0 Å². The van der Waals surface area contributed by atoms with Gasteiger partial charge in [0.15, 0.2) is 5.96 Å². The topological polar surface area (TPSA) is 65.7 Å². The molecule has 1 aromatic carbocycles. The molecule has 1 atom stereocenters. The SMILES string of the molecule is CCNC(=NCc1c(CC)noc1CC)NCC(c1c(F)cccc1F)N(C)C. The number of guanidine groups is 1. The van der Waals surface area contributed by atoms with Crippen LogP contribution in [0.3, 0.4) is 0 Å². The van der Waals surface area contributed by atoms with Gasteiger partial charge in [0.25, 0.3) is 0 Å². The second-order valence-corrected chi connectivity index (χ2v) is 6.93. The monoisotopic (exact) mass is 407 g/mol. The highest BCUT2D eigenvalue weighted by Crippen LogP contribution is 2.24. The number of aromatic nitrogens is 1. The van der Waals surface area contributed by atoms with Gasteiger partial charge in [0.1, 0.15) is 17.4 Å². The van der Waals surface area contributed by atoms with Crippen LogP contribution in [-0.4, -0.2) is 43.2 Å². The molecule has 0 saturated carbocycles. The number of aryl methyl sites for hydroxylation is 2. The summed E-state index contributed by atoms with van der Waals surface area (Å²) in [5.74, 6) is 0.289. The van der Waals surface area contributed by atoms with Crippen LogP contribution in [-0.2, 0) is 19.4 Å². The number of hydrogen-bond donors (Lipinski definition) is 2. The maximum Gasteiger partial charge on any atom is 0.191 e. The molecule has 0 amide bonds. The number of aliphatic imine (C=N–C) groups is 1. The first-order valence-electron chi connectivity index (χ1n) is 10.0. The van der Waals surface area contributed by atoms with Crippen LogP contribution in [0, 0.1) is 11.6 Å². The highest BCUT2D eigenvalue weighted by molar-refractivity contribution is 5.79. The van der Waals surface area contributed by atoms with Gasteiger partial charge in [-0.05, 0) is 39.6 Å². The number of nitrogens with zero attached hydrogens (tertiary/aromatic N) is 3. The van der Waals surface area contributed by atoms with Gasteiger partial charge in [-0.3, -0.25) is 0 Å². The van der Waals surface area contributed by atoms with E-state index in [-0.39, 0.29) is 5.56 Å². The number of halogens is 2. The minimum atomic E-state index is -0.558. The van der Waals surface area contributed by atoms with E-state index in [1.165, 1.54) is 18.2 Å². The molecular weight excluding hydrogens is 376 g/mol. The van der Waals surface area contributed by atoms with Crippen LogP contribution < -0.4 is 10.6 Å². The minimum absolute atomic E-state index is 0.0430. The summed E-state index contributed by atoms with van der Waals surface area (Å²) >= 11 is 0. The van der Waals surface area contributed by atoms with Gasteiger partial charge < -0.3 is 20.1 Å². The average molecular weight is 408 g/mol. The van der Waals surface area contributed by atoms with E-state index in [4.69, 9.17) is 4.52 Å². The van der Waals surface area contributed by atoms with Crippen molar-refractivity contribution in [1.82, 2.24) is 20.7 Å². The van der Waals surface area contributed by atoms with Gasteiger partial charge in [-0.25, -0.2) is 13.8 Å². The van der Waals surface area contributed by atoms with Crippen LogP contribution in [0.5, 0.6) is 0 Å². The molecule has 0 aliphatic heterocycles. The van der Waals surface area contributed by atoms with Crippen molar-refractivity contribution in [3.05, 3.63) is 52.4 Å². The number of benzene rings is 1. The highest BCUT2D eigenvalue weighted by atomic mass is 19.1. The first-order chi connectivity index (χ1) is 13.9. The molecule has 2 N–H and O–H groups in total. The normalized spacial score (nSPS) is 13.0.